The number of carbonyl (C=O) groups excluding carboxylic acids is 2. The second kappa shape index (κ2) is 7.15. The lowest BCUT2D eigenvalue weighted by molar-refractivity contribution is -0.156. The number of likely N-dealkylation sites (tertiary alicyclic amines) is 1. The number of amides is 2. The fourth-order valence-electron chi connectivity index (χ4n) is 4.84. The minimum absolute atomic E-state index is 0.0523. The van der Waals surface area contributed by atoms with Crippen LogP contribution in [0.4, 0.5) is 0 Å². The molecule has 1 spiro atoms. The summed E-state index contributed by atoms with van der Waals surface area (Å²) in [6, 6.07) is 8.00. The van der Waals surface area contributed by atoms with Crippen molar-refractivity contribution >= 4 is 11.8 Å². The van der Waals surface area contributed by atoms with E-state index >= 15 is 0 Å². The number of ether oxygens (including phenoxy) is 2. The zero-order valence-electron chi connectivity index (χ0n) is 16.0. The van der Waals surface area contributed by atoms with Crippen molar-refractivity contribution < 1.29 is 19.1 Å². The number of rotatable bonds is 3. The number of nitrogens with zero attached hydrogens (tertiary/aromatic N) is 1. The summed E-state index contributed by atoms with van der Waals surface area (Å²) in [5, 5.41) is 2.91. The van der Waals surface area contributed by atoms with Gasteiger partial charge in [-0.2, -0.15) is 0 Å². The summed E-state index contributed by atoms with van der Waals surface area (Å²) in [5.74, 6) is 1.01. The van der Waals surface area contributed by atoms with Crippen LogP contribution in [0.15, 0.2) is 24.3 Å². The van der Waals surface area contributed by atoms with Crippen molar-refractivity contribution in [2.45, 2.75) is 49.5 Å². The standard InChI is InChI=1S/C21H28N2O4/c1-26-17-6-4-16(5-7-17)21(8-2-3-9-21)19(25)23-12-10-20(11-13-23)15-22-18(24)14-27-20/h4-7H,2-3,8-15H2,1H3,(H,22,24). The summed E-state index contributed by atoms with van der Waals surface area (Å²) in [7, 11) is 1.66. The van der Waals surface area contributed by atoms with Crippen LogP contribution in [0.5, 0.6) is 5.75 Å². The van der Waals surface area contributed by atoms with Crippen LogP contribution in [0.2, 0.25) is 0 Å². The monoisotopic (exact) mass is 372 g/mol. The Morgan fingerprint density at radius 1 is 1.11 bits per heavy atom. The Labute approximate surface area is 160 Å². The molecule has 0 bridgehead atoms. The van der Waals surface area contributed by atoms with Gasteiger partial charge in [-0.1, -0.05) is 25.0 Å². The minimum atomic E-state index is -0.404. The van der Waals surface area contributed by atoms with Crippen LogP contribution in [0.1, 0.15) is 44.1 Å². The first-order valence-corrected chi connectivity index (χ1v) is 9.92. The van der Waals surface area contributed by atoms with Gasteiger partial charge in [-0.25, -0.2) is 0 Å². The van der Waals surface area contributed by atoms with E-state index < -0.39 is 5.41 Å². The predicted molar refractivity (Wildman–Crippen MR) is 101 cm³/mol. The van der Waals surface area contributed by atoms with E-state index in [9.17, 15) is 9.59 Å². The molecule has 0 aromatic heterocycles. The van der Waals surface area contributed by atoms with Gasteiger partial charge in [0.1, 0.15) is 12.4 Å². The molecule has 6 nitrogen and oxygen atoms in total. The molecule has 0 atom stereocenters. The number of hydrogen-bond donors (Lipinski definition) is 1. The van der Waals surface area contributed by atoms with Gasteiger partial charge in [0.05, 0.1) is 18.1 Å². The van der Waals surface area contributed by atoms with Gasteiger partial charge in [0, 0.05) is 19.6 Å². The Morgan fingerprint density at radius 3 is 2.33 bits per heavy atom. The molecule has 0 unspecified atom stereocenters. The normalized spacial score (nSPS) is 23.9. The predicted octanol–water partition coefficient (Wildman–Crippen LogP) is 2.01. The van der Waals surface area contributed by atoms with Gasteiger partial charge in [0.15, 0.2) is 0 Å². The topological polar surface area (TPSA) is 67.9 Å². The average Bonchev–Trinajstić information content (AvgIpc) is 3.22. The van der Waals surface area contributed by atoms with Gasteiger partial charge < -0.3 is 19.7 Å². The number of benzene rings is 1. The SMILES string of the molecule is COc1ccc(C2(C(=O)N3CCC4(CC3)CNC(=O)CO4)CCCC2)cc1. The Morgan fingerprint density at radius 2 is 1.78 bits per heavy atom. The van der Waals surface area contributed by atoms with Crippen LogP contribution in [-0.2, 0) is 19.7 Å². The molecule has 6 heteroatoms. The third-order valence-corrected chi connectivity index (χ3v) is 6.59. The van der Waals surface area contributed by atoms with E-state index in [-0.39, 0.29) is 24.0 Å². The molecule has 1 N–H and O–H groups in total. The number of methoxy groups -OCH3 is 1. The summed E-state index contributed by atoms with van der Waals surface area (Å²) in [6.45, 7) is 2.06. The van der Waals surface area contributed by atoms with E-state index in [1.54, 1.807) is 7.11 Å². The summed E-state index contributed by atoms with van der Waals surface area (Å²) in [6.07, 6.45) is 5.55. The van der Waals surface area contributed by atoms with Crippen molar-refractivity contribution in [3.05, 3.63) is 29.8 Å². The van der Waals surface area contributed by atoms with Crippen LogP contribution in [0.25, 0.3) is 0 Å². The third-order valence-electron chi connectivity index (χ3n) is 6.59. The fraction of sp³-hybridized carbons (Fsp3) is 0.619. The molecule has 1 aromatic rings. The van der Waals surface area contributed by atoms with E-state index in [0.717, 1.165) is 49.8 Å². The molecule has 0 radical (unpaired) electrons. The third kappa shape index (κ3) is 3.31. The van der Waals surface area contributed by atoms with Gasteiger partial charge in [0.2, 0.25) is 11.8 Å². The number of nitrogens with one attached hydrogen (secondary N) is 1. The van der Waals surface area contributed by atoms with Crippen LogP contribution in [0, 0.1) is 0 Å². The summed E-state index contributed by atoms with van der Waals surface area (Å²) >= 11 is 0. The van der Waals surface area contributed by atoms with E-state index in [1.807, 2.05) is 29.2 Å². The molecule has 4 rings (SSSR count). The smallest absolute Gasteiger partial charge is 0.246 e. The summed E-state index contributed by atoms with van der Waals surface area (Å²) in [4.78, 5) is 27.0. The molecule has 2 aliphatic heterocycles. The van der Waals surface area contributed by atoms with Crippen LogP contribution >= 0.6 is 0 Å². The number of hydrogen-bond acceptors (Lipinski definition) is 4. The van der Waals surface area contributed by atoms with Gasteiger partial charge in [0.25, 0.3) is 0 Å². The Kier molecular flexibility index (Phi) is 4.84. The first-order chi connectivity index (χ1) is 13.1. The maximum atomic E-state index is 13.6. The molecule has 2 saturated heterocycles. The molecular weight excluding hydrogens is 344 g/mol. The van der Waals surface area contributed by atoms with E-state index in [2.05, 4.69) is 5.32 Å². The molecule has 27 heavy (non-hydrogen) atoms. The van der Waals surface area contributed by atoms with Crippen molar-refractivity contribution in [1.82, 2.24) is 10.2 Å². The van der Waals surface area contributed by atoms with Crippen molar-refractivity contribution in [3.8, 4) is 5.75 Å². The first-order valence-electron chi connectivity index (χ1n) is 9.92. The Balaban J connectivity index is 1.49. The Bertz CT molecular complexity index is 689. The van der Waals surface area contributed by atoms with Gasteiger partial charge in [-0.15, -0.1) is 0 Å². The average molecular weight is 372 g/mol. The van der Waals surface area contributed by atoms with Crippen LogP contribution in [-0.4, -0.2) is 55.7 Å². The Hall–Kier alpha value is -2.08. The zero-order valence-corrected chi connectivity index (χ0v) is 16.0. The first kappa shape index (κ1) is 18.3. The molecule has 3 aliphatic rings. The highest BCUT2D eigenvalue weighted by atomic mass is 16.5. The number of morpholine rings is 1. The fourth-order valence-corrected chi connectivity index (χ4v) is 4.84. The van der Waals surface area contributed by atoms with E-state index in [1.165, 1.54) is 0 Å². The lowest BCUT2D eigenvalue weighted by Crippen LogP contribution is -2.59. The van der Waals surface area contributed by atoms with E-state index in [0.29, 0.717) is 19.6 Å². The van der Waals surface area contributed by atoms with Gasteiger partial charge in [-0.3, -0.25) is 9.59 Å². The molecule has 1 aliphatic carbocycles. The van der Waals surface area contributed by atoms with Crippen molar-refractivity contribution in [3.63, 3.8) is 0 Å². The largest absolute Gasteiger partial charge is 0.497 e. The van der Waals surface area contributed by atoms with E-state index in [4.69, 9.17) is 9.47 Å². The summed E-state index contributed by atoms with van der Waals surface area (Å²) in [5.41, 5.74) is 0.402. The second-order valence-electron chi connectivity index (χ2n) is 8.06. The maximum absolute atomic E-state index is 13.6. The van der Waals surface area contributed by atoms with Crippen molar-refractivity contribution in [2.75, 3.05) is 33.4 Å². The quantitative estimate of drug-likeness (QED) is 0.881. The second-order valence-corrected chi connectivity index (χ2v) is 8.06. The van der Waals surface area contributed by atoms with Crippen molar-refractivity contribution in [1.29, 1.82) is 0 Å². The molecule has 1 aromatic carbocycles. The number of piperidine rings is 1. The number of carbonyl (C=O) groups is 2. The molecule has 1 saturated carbocycles. The molecule has 2 amide bonds. The van der Waals surface area contributed by atoms with Crippen molar-refractivity contribution in [2.24, 2.45) is 0 Å². The lowest BCUT2D eigenvalue weighted by atomic mass is 9.76. The minimum Gasteiger partial charge on any atom is -0.497 e. The molecular formula is C21H28N2O4. The van der Waals surface area contributed by atoms with Crippen LogP contribution < -0.4 is 10.1 Å². The highest BCUT2D eigenvalue weighted by Crippen LogP contribution is 2.44. The highest BCUT2D eigenvalue weighted by molar-refractivity contribution is 5.89. The maximum Gasteiger partial charge on any atom is 0.246 e. The molecule has 3 fully saturated rings. The van der Waals surface area contributed by atoms with Crippen LogP contribution in [0.3, 0.4) is 0 Å². The zero-order chi connectivity index (χ0) is 18.9. The van der Waals surface area contributed by atoms with Gasteiger partial charge >= 0.3 is 0 Å². The highest BCUT2D eigenvalue weighted by Gasteiger charge is 2.47. The lowest BCUT2D eigenvalue weighted by Gasteiger charge is -2.45. The summed E-state index contributed by atoms with van der Waals surface area (Å²) < 4.78 is 11.1. The van der Waals surface area contributed by atoms with Gasteiger partial charge in [-0.05, 0) is 43.4 Å². The molecule has 2 heterocycles. The molecule has 146 valence electrons.